The van der Waals surface area contributed by atoms with Gasteiger partial charge in [-0.05, 0) is 36.2 Å². The van der Waals surface area contributed by atoms with Gasteiger partial charge >= 0.3 is 18.4 Å². The minimum Gasteiger partial charge on any atom is -0.320 e. The lowest BCUT2D eigenvalue weighted by atomic mass is 10.0. The SMILES string of the molecule is O=C(NNC(=O)C(F)F)c1ccc(CC2CSCCN2C(=O)Nc2ccccc2)cc1. The molecule has 0 aliphatic carbocycles. The van der Waals surface area contributed by atoms with Crippen molar-refractivity contribution in [3.63, 3.8) is 0 Å². The molecule has 0 aromatic heterocycles. The van der Waals surface area contributed by atoms with Gasteiger partial charge in [-0.25, -0.2) is 4.79 Å². The van der Waals surface area contributed by atoms with Crippen molar-refractivity contribution in [1.29, 1.82) is 0 Å². The van der Waals surface area contributed by atoms with Crippen molar-refractivity contribution in [2.45, 2.75) is 18.9 Å². The first-order valence-corrected chi connectivity index (χ1v) is 10.8. The van der Waals surface area contributed by atoms with E-state index in [0.717, 1.165) is 22.8 Å². The highest BCUT2D eigenvalue weighted by Gasteiger charge is 2.27. The summed E-state index contributed by atoms with van der Waals surface area (Å²) in [4.78, 5) is 37.4. The zero-order valence-electron chi connectivity index (χ0n) is 16.5. The number of rotatable bonds is 5. The van der Waals surface area contributed by atoms with Gasteiger partial charge in [-0.2, -0.15) is 20.5 Å². The Morgan fingerprint density at radius 3 is 2.42 bits per heavy atom. The fourth-order valence-corrected chi connectivity index (χ4v) is 4.18. The number of hydrazine groups is 1. The van der Waals surface area contributed by atoms with Crippen LogP contribution in [-0.2, 0) is 11.2 Å². The molecule has 4 amide bonds. The van der Waals surface area contributed by atoms with Crippen LogP contribution in [0.15, 0.2) is 54.6 Å². The molecule has 7 nitrogen and oxygen atoms in total. The van der Waals surface area contributed by atoms with E-state index in [-0.39, 0.29) is 17.6 Å². The fourth-order valence-electron chi connectivity index (χ4n) is 3.12. The topological polar surface area (TPSA) is 90.5 Å². The normalized spacial score (nSPS) is 16.0. The summed E-state index contributed by atoms with van der Waals surface area (Å²) in [6.45, 7) is 0.637. The van der Waals surface area contributed by atoms with Gasteiger partial charge in [0.1, 0.15) is 0 Å². The number of anilines is 1. The maximum Gasteiger partial charge on any atom is 0.322 e. The van der Waals surface area contributed by atoms with Gasteiger partial charge in [0.15, 0.2) is 0 Å². The van der Waals surface area contributed by atoms with E-state index >= 15 is 0 Å². The second-order valence-electron chi connectivity index (χ2n) is 6.86. The number of hydrogen-bond donors (Lipinski definition) is 3. The number of benzene rings is 2. The largest absolute Gasteiger partial charge is 0.322 e. The Hall–Kier alpha value is -3.14. The third-order valence-electron chi connectivity index (χ3n) is 4.70. The quantitative estimate of drug-likeness (QED) is 0.614. The van der Waals surface area contributed by atoms with Crippen molar-refractivity contribution in [2.24, 2.45) is 0 Å². The lowest BCUT2D eigenvalue weighted by Crippen LogP contribution is -2.49. The summed E-state index contributed by atoms with van der Waals surface area (Å²) < 4.78 is 24.3. The highest BCUT2D eigenvalue weighted by molar-refractivity contribution is 7.99. The number of carbonyl (C=O) groups excluding carboxylic acids is 3. The smallest absolute Gasteiger partial charge is 0.320 e. The van der Waals surface area contributed by atoms with Gasteiger partial charge in [-0.15, -0.1) is 0 Å². The zero-order chi connectivity index (χ0) is 22.2. The van der Waals surface area contributed by atoms with Crippen molar-refractivity contribution in [3.8, 4) is 0 Å². The van der Waals surface area contributed by atoms with Gasteiger partial charge in [-0.3, -0.25) is 20.4 Å². The first kappa shape index (κ1) is 22.5. The van der Waals surface area contributed by atoms with E-state index in [1.165, 1.54) is 0 Å². The first-order chi connectivity index (χ1) is 14.9. The Morgan fingerprint density at radius 1 is 1.03 bits per heavy atom. The van der Waals surface area contributed by atoms with Crippen LogP contribution in [0, 0.1) is 0 Å². The second-order valence-corrected chi connectivity index (χ2v) is 8.01. The first-order valence-electron chi connectivity index (χ1n) is 9.61. The molecule has 1 unspecified atom stereocenters. The van der Waals surface area contributed by atoms with Crippen LogP contribution >= 0.6 is 11.8 Å². The Bertz CT molecular complexity index is 913. The van der Waals surface area contributed by atoms with Crippen LogP contribution < -0.4 is 16.2 Å². The molecule has 0 bridgehead atoms. The molecule has 10 heteroatoms. The van der Waals surface area contributed by atoms with E-state index in [0.29, 0.717) is 13.0 Å². The summed E-state index contributed by atoms with van der Waals surface area (Å²) in [5.74, 6) is -0.613. The van der Waals surface area contributed by atoms with Gasteiger partial charge in [-0.1, -0.05) is 30.3 Å². The molecule has 164 valence electrons. The summed E-state index contributed by atoms with van der Waals surface area (Å²) in [6.07, 6.45) is -2.60. The van der Waals surface area contributed by atoms with Gasteiger partial charge in [0.05, 0.1) is 0 Å². The molecule has 1 aliphatic rings. The van der Waals surface area contributed by atoms with Crippen molar-refractivity contribution in [3.05, 3.63) is 65.7 Å². The van der Waals surface area contributed by atoms with Gasteiger partial charge in [0, 0.05) is 35.3 Å². The molecule has 1 heterocycles. The molecule has 1 fully saturated rings. The number of carbonyl (C=O) groups is 3. The van der Waals surface area contributed by atoms with Crippen molar-refractivity contribution in [2.75, 3.05) is 23.4 Å². The average Bonchev–Trinajstić information content (AvgIpc) is 2.78. The lowest BCUT2D eigenvalue weighted by molar-refractivity contribution is -0.132. The number of thioether (sulfide) groups is 1. The summed E-state index contributed by atoms with van der Waals surface area (Å²) in [7, 11) is 0. The van der Waals surface area contributed by atoms with Crippen LogP contribution in [0.25, 0.3) is 0 Å². The fraction of sp³-hybridized carbons (Fsp3) is 0.286. The molecule has 1 aliphatic heterocycles. The highest BCUT2D eigenvalue weighted by atomic mass is 32.2. The summed E-state index contributed by atoms with van der Waals surface area (Å²) >= 11 is 1.78. The van der Waals surface area contributed by atoms with Crippen molar-refractivity contribution < 1.29 is 23.2 Å². The average molecular weight is 448 g/mol. The number of hydrogen-bond acceptors (Lipinski definition) is 4. The number of para-hydroxylation sites is 1. The number of amides is 4. The van der Waals surface area contributed by atoms with E-state index in [2.05, 4.69) is 5.32 Å². The van der Waals surface area contributed by atoms with Crippen LogP contribution in [0.2, 0.25) is 0 Å². The number of nitrogens with zero attached hydrogens (tertiary/aromatic N) is 1. The number of urea groups is 1. The minimum atomic E-state index is -3.21. The van der Waals surface area contributed by atoms with Crippen LogP contribution in [0.4, 0.5) is 19.3 Å². The number of halogens is 2. The van der Waals surface area contributed by atoms with E-state index < -0.39 is 18.2 Å². The van der Waals surface area contributed by atoms with Gasteiger partial charge in [0.2, 0.25) is 0 Å². The monoisotopic (exact) mass is 448 g/mol. The summed E-state index contributed by atoms with van der Waals surface area (Å²) in [5.41, 5.74) is 5.48. The van der Waals surface area contributed by atoms with E-state index in [1.54, 1.807) is 41.5 Å². The molecule has 0 saturated carbocycles. The molecule has 1 saturated heterocycles. The zero-order valence-corrected chi connectivity index (χ0v) is 17.3. The molecule has 3 N–H and O–H groups in total. The Labute approximate surface area is 182 Å². The predicted molar refractivity (Wildman–Crippen MR) is 115 cm³/mol. The molecule has 2 aromatic carbocycles. The van der Waals surface area contributed by atoms with Crippen molar-refractivity contribution >= 4 is 35.3 Å². The molecule has 0 spiro atoms. The maximum atomic E-state index is 12.8. The lowest BCUT2D eigenvalue weighted by Gasteiger charge is -2.35. The third kappa shape index (κ3) is 6.42. The molecule has 3 rings (SSSR count). The van der Waals surface area contributed by atoms with Crippen molar-refractivity contribution in [1.82, 2.24) is 15.8 Å². The Balaban J connectivity index is 1.59. The molecule has 1 atom stereocenters. The van der Waals surface area contributed by atoms with Crippen LogP contribution in [0.5, 0.6) is 0 Å². The van der Waals surface area contributed by atoms with E-state index in [1.807, 2.05) is 40.7 Å². The van der Waals surface area contributed by atoms with Crippen LogP contribution in [0.1, 0.15) is 15.9 Å². The van der Waals surface area contributed by atoms with Gasteiger partial charge < -0.3 is 10.2 Å². The van der Waals surface area contributed by atoms with Gasteiger partial charge in [0.25, 0.3) is 5.91 Å². The number of nitrogens with one attached hydrogen (secondary N) is 3. The predicted octanol–water partition coefficient (Wildman–Crippen LogP) is 2.90. The molecule has 31 heavy (non-hydrogen) atoms. The Morgan fingerprint density at radius 2 is 1.74 bits per heavy atom. The number of alkyl halides is 2. The molecular weight excluding hydrogens is 426 g/mol. The minimum absolute atomic E-state index is 0.00697. The third-order valence-corrected chi connectivity index (χ3v) is 5.79. The van der Waals surface area contributed by atoms with Crippen LogP contribution in [0.3, 0.4) is 0 Å². The Kier molecular flexibility index (Phi) is 7.82. The maximum absolute atomic E-state index is 12.8. The standard InChI is InChI=1S/C21H22F2N4O3S/c22-18(23)20(29)26-25-19(28)15-8-6-14(7-9-15)12-17-13-31-11-10-27(17)21(30)24-16-4-2-1-3-5-16/h1-9,17-18H,10-13H2,(H,24,30)(H,25,28)(H,26,29). The molecule has 0 radical (unpaired) electrons. The van der Waals surface area contributed by atoms with Crippen LogP contribution in [-0.4, -0.2) is 53.3 Å². The van der Waals surface area contributed by atoms with E-state index in [4.69, 9.17) is 0 Å². The van der Waals surface area contributed by atoms with E-state index in [9.17, 15) is 23.2 Å². The summed E-state index contributed by atoms with van der Waals surface area (Å²) in [5, 5.41) is 2.92. The second kappa shape index (κ2) is 10.8. The molecular formula is C21H22F2N4O3S. The summed E-state index contributed by atoms with van der Waals surface area (Å²) in [6, 6.07) is 15.7. The highest BCUT2D eigenvalue weighted by Crippen LogP contribution is 2.21. The molecule has 2 aromatic rings.